The predicted molar refractivity (Wildman–Crippen MR) is 112 cm³/mol. The predicted octanol–water partition coefficient (Wildman–Crippen LogP) is 3.25. The van der Waals surface area contributed by atoms with Crippen LogP contribution in [0.2, 0.25) is 0 Å². The van der Waals surface area contributed by atoms with E-state index in [1.54, 1.807) is 18.0 Å². The molecule has 0 saturated heterocycles. The Morgan fingerprint density at radius 1 is 1.19 bits per heavy atom. The molecule has 4 rings (SSSR count). The van der Waals surface area contributed by atoms with Crippen LogP contribution < -0.4 is 9.64 Å². The fourth-order valence-electron chi connectivity index (χ4n) is 3.67. The van der Waals surface area contributed by atoms with E-state index < -0.39 is 11.8 Å². The van der Waals surface area contributed by atoms with Crippen LogP contribution in [0.15, 0.2) is 53.3 Å². The molecule has 0 unspecified atom stereocenters. The van der Waals surface area contributed by atoms with E-state index in [0.717, 1.165) is 11.3 Å². The van der Waals surface area contributed by atoms with Crippen molar-refractivity contribution in [3.05, 3.63) is 70.7 Å². The summed E-state index contributed by atoms with van der Waals surface area (Å²) in [5, 5.41) is 4.23. The summed E-state index contributed by atoms with van der Waals surface area (Å²) in [6.45, 7) is 0.616. The first-order chi connectivity index (χ1) is 15.0. The molecule has 0 saturated carbocycles. The summed E-state index contributed by atoms with van der Waals surface area (Å²) < 4.78 is 24.4. The zero-order valence-corrected chi connectivity index (χ0v) is 17.0. The molecule has 0 aromatic heterocycles. The number of allylic oxidation sites excluding steroid dienone is 2. The molecule has 2 aliphatic heterocycles. The van der Waals surface area contributed by atoms with Crippen LogP contribution in [0.5, 0.6) is 5.75 Å². The number of carbonyl (C=O) groups is 1. The summed E-state index contributed by atoms with van der Waals surface area (Å²) in [5.41, 5.74) is 3.01. The Morgan fingerprint density at radius 2 is 1.94 bits per heavy atom. The number of nitrogens with zero attached hydrogens (tertiary/aromatic N) is 2. The molecule has 8 heteroatoms. The van der Waals surface area contributed by atoms with Gasteiger partial charge >= 0.3 is 5.97 Å². The molecule has 158 valence electrons. The molecule has 0 spiro atoms. The lowest BCUT2D eigenvalue weighted by atomic mass is 9.89. The van der Waals surface area contributed by atoms with E-state index in [2.05, 4.69) is 5.16 Å². The van der Waals surface area contributed by atoms with Crippen molar-refractivity contribution in [3.63, 3.8) is 0 Å². The molecule has 0 amide bonds. The van der Waals surface area contributed by atoms with E-state index in [4.69, 9.17) is 14.3 Å². The molecule has 0 fully saturated rings. The topological polar surface area (TPSA) is 77.4 Å². The molecule has 0 atom stereocenters. The van der Waals surface area contributed by atoms with Gasteiger partial charge in [-0.2, -0.15) is 0 Å². The SMILES string of the molecule is COC(=O)C1=CC(=C=O)c2cc(F)cc3c2N1CC/C3=N/OCc1ccc(OC)cc1. The fraction of sp³-hybridized carbons (Fsp3) is 0.217. The van der Waals surface area contributed by atoms with Crippen LogP contribution in [0, 0.1) is 5.82 Å². The molecular weight excluding hydrogens is 403 g/mol. The quantitative estimate of drug-likeness (QED) is 0.418. The molecule has 0 aliphatic carbocycles. The Hall–Kier alpha value is -3.90. The van der Waals surface area contributed by atoms with Gasteiger partial charge in [0.15, 0.2) is 0 Å². The summed E-state index contributed by atoms with van der Waals surface area (Å²) in [6.07, 6.45) is 1.78. The van der Waals surface area contributed by atoms with Gasteiger partial charge in [-0.15, -0.1) is 0 Å². The van der Waals surface area contributed by atoms with Crippen LogP contribution in [0.1, 0.15) is 23.1 Å². The summed E-state index contributed by atoms with van der Waals surface area (Å²) in [4.78, 5) is 31.0. The average molecular weight is 422 g/mol. The highest BCUT2D eigenvalue weighted by atomic mass is 19.1. The van der Waals surface area contributed by atoms with E-state index in [1.165, 1.54) is 25.3 Å². The highest BCUT2D eigenvalue weighted by molar-refractivity contribution is 6.15. The van der Waals surface area contributed by atoms with Gasteiger partial charge in [-0.1, -0.05) is 17.3 Å². The number of esters is 1. The van der Waals surface area contributed by atoms with Gasteiger partial charge < -0.3 is 19.2 Å². The van der Waals surface area contributed by atoms with Gasteiger partial charge in [-0.3, -0.25) is 0 Å². The number of hydrogen-bond acceptors (Lipinski definition) is 7. The summed E-state index contributed by atoms with van der Waals surface area (Å²) >= 11 is 0. The van der Waals surface area contributed by atoms with Gasteiger partial charge in [0.25, 0.3) is 0 Å². The minimum absolute atomic E-state index is 0.0767. The largest absolute Gasteiger partial charge is 0.497 e. The second-order valence-electron chi connectivity index (χ2n) is 6.95. The van der Waals surface area contributed by atoms with Crippen molar-refractivity contribution in [1.29, 1.82) is 0 Å². The number of rotatable bonds is 5. The Labute approximate surface area is 178 Å². The average Bonchev–Trinajstić information content (AvgIpc) is 2.80. The van der Waals surface area contributed by atoms with Crippen LogP contribution in [0.4, 0.5) is 10.1 Å². The normalized spacial score (nSPS) is 15.7. The third-order valence-corrected chi connectivity index (χ3v) is 5.16. The number of carbonyl (C=O) groups excluding carboxylic acids is 2. The summed E-state index contributed by atoms with van der Waals surface area (Å²) in [5.74, 6) is 1.41. The number of oxime groups is 1. The van der Waals surface area contributed by atoms with Crippen LogP contribution in [-0.4, -0.2) is 38.4 Å². The van der Waals surface area contributed by atoms with E-state index in [9.17, 15) is 14.0 Å². The molecular formula is C23H19FN2O5. The van der Waals surface area contributed by atoms with Gasteiger partial charge in [-0.05, 0) is 35.9 Å². The van der Waals surface area contributed by atoms with Crippen LogP contribution in [-0.2, 0) is 25.8 Å². The van der Waals surface area contributed by atoms with Crippen LogP contribution in [0.25, 0.3) is 5.57 Å². The minimum atomic E-state index is -0.593. The first kappa shape index (κ1) is 20.4. The van der Waals surface area contributed by atoms with Crippen molar-refractivity contribution >= 4 is 28.9 Å². The second kappa shape index (κ2) is 8.45. The lowest BCUT2D eigenvalue weighted by molar-refractivity contribution is -0.136. The van der Waals surface area contributed by atoms with Gasteiger partial charge in [0.2, 0.25) is 0 Å². The Kier molecular flexibility index (Phi) is 5.56. The van der Waals surface area contributed by atoms with Gasteiger partial charge in [0.05, 0.1) is 31.2 Å². The van der Waals surface area contributed by atoms with Gasteiger partial charge in [0, 0.05) is 24.1 Å². The number of hydrogen-bond donors (Lipinski definition) is 0. The molecule has 0 bridgehead atoms. The highest BCUT2D eigenvalue weighted by Crippen LogP contribution is 2.41. The maximum Gasteiger partial charge on any atom is 0.354 e. The Balaban J connectivity index is 1.68. The molecule has 0 radical (unpaired) electrons. The Morgan fingerprint density at radius 3 is 2.61 bits per heavy atom. The van der Waals surface area contributed by atoms with Gasteiger partial charge in [-0.25, -0.2) is 14.0 Å². The van der Waals surface area contributed by atoms with E-state index in [0.29, 0.717) is 35.5 Å². The Bertz CT molecular complexity index is 1150. The zero-order chi connectivity index (χ0) is 22.0. The summed E-state index contributed by atoms with van der Waals surface area (Å²) in [6, 6.07) is 9.93. The molecule has 2 aliphatic rings. The van der Waals surface area contributed by atoms with Crippen molar-refractivity contribution in [2.75, 3.05) is 25.7 Å². The van der Waals surface area contributed by atoms with Crippen molar-refractivity contribution in [2.45, 2.75) is 13.0 Å². The lowest BCUT2D eigenvalue weighted by Gasteiger charge is -2.36. The molecule has 7 nitrogen and oxygen atoms in total. The lowest BCUT2D eigenvalue weighted by Crippen LogP contribution is -2.38. The zero-order valence-electron chi connectivity index (χ0n) is 17.0. The molecule has 0 N–H and O–H groups in total. The van der Waals surface area contributed by atoms with Crippen molar-refractivity contribution in [2.24, 2.45) is 5.16 Å². The number of benzene rings is 2. The number of methoxy groups -OCH3 is 2. The maximum atomic E-state index is 14.4. The van der Waals surface area contributed by atoms with E-state index in [-0.39, 0.29) is 17.9 Å². The first-order valence-corrected chi connectivity index (χ1v) is 9.54. The molecule has 2 aromatic rings. The van der Waals surface area contributed by atoms with E-state index >= 15 is 0 Å². The van der Waals surface area contributed by atoms with Crippen LogP contribution >= 0.6 is 0 Å². The number of halogens is 1. The third kappa shape index (κ3) is 3.81. The molecule has 31 heavy (non-hydrogen) atoms. The second-order valence-corrected chi connectivity index (χ2v) is 6.95. The monoisotopic (exact) mass is 422 g/mol. The van der Waals surface area contributed by atoms with Crippen molar-refractivity contribution in [3.8, 4) is 5.75 Å². The minimum Gasteiger partial charge on any atom is -0.497 e. The van der Waals surface area contributed by atoms with Crippen molar-refractivity contribution < 1.29 is 28.3 Å². The molecule has 2 heterocycles. The summed E-state index contributed by atoms with van der Waals surface area (Å²) in [7, 11) is 2.86. The smallest absolute Gasteiger partial charge is 0.354 e. The standard InChI is InChI=1S/C23H19FN2O5/c1-29-17-5-3-14(4-6-17)13-31-25-20-7-8-26-21(23(28)30-2)9-15(12-27)18-10-16(24)11-19(20)22(18)26/h3-6,9-11H,7-8,13H2,1-2H3/b25-20-. The third-order valence-electron chi connectivity index (χ3n) is 5.16. The fourth-order valence-corrected chi connectivity index (χ4v) is 3.67. The molecule has 2 aromatic carbocycles. The maximum absolute atomic E-state index is 14.4. The number of ether oxygens (including phenoxy) is 2. The van der Waals surface area contributed by atoms with Crippen molar-refractivity contribution in [1.82, 2.24) is 0 Å². The highest BCUT2D eigenvalue weighted by Gasteiger charge is 2.35. The van der Waals surface area contributed by atoms with Gasteiger partial charge in [0.1, 0.15) is 29.8 Å². The first-order valence-electron chi connectivity index (χ1n) is 9.54. The van der Waals surface area contributed by atoms with E-state index in [1.807, 2.05) is 24.3 Å². The van der Waals surface area contributed by atoms with Crippen LogP contribution in [0.3, 0.4) is 0 Å². The number of anilines is 1.